The van der Waals surface area contributed by atoms with Crippen molar-refractivity contribution in [3.63, 3.8) is 0 Å². The van der Waals surface area contributed by atoms with Crippen LogP contribution < -0.4 is 11.1 Å². The predicted octanol–water partition coefficient (Wildman–Crippen LogP) is 0.483. The number of fused-ring (bicyclic) bond motifs is 1. The van der Waals surface area contributed by atoms with Crippen molar-refractivity contribution in [3.05, 3.63) is 12.2 Å². The molecule has 3 heterocycles. The number of carbonyl (C=O) groups is 1. The molecule has 1 aliphatic carbocycles. The van der Waals surface area contributed by atoms with Crippen LogP contribution in [0.3, 0.4) is 0 Å². The molecule has 0 aromatic carbocycles. The minimum atomic E-state index is -1.43. The van der Waals surface area contributed by atoms with Gasteiger partial charge in [0.2, 0.25) is 5.82 Å². The first-order chi connectivity index (χ1) is 16.4. The van der Waals surface area contributed by atoms with E-state index in [4.69, 9.17) is 10.5 Å². The van der Waals surface area contributed by atoms with E-state index in [9.17, 15) is 20.1 Å². The van der Waals surface area contributed by atoms with Gasteiger partial charge in [0.15, 0.2) is 23.8 Å². The fourth-order valence-electron chi connectivity index (χ4n) is 4.82. The molecule has 1 amide bonds. The molecular formula is C24H34N6O5. The van der Waals surface area contributed by atoms with Gasteiger partial charge >= 0.3 is 0 Å². The normalized spacial score (nSPS) is 31.2. The molecule has 2 fully saturated rings. The first kappa shape index (κ1) is 25.3. The maximum Gasteiger partial charge on any atom is 0.252 e. The third-order valence-electron chi connectivity index (χ3n) is 7.01. The van der Waals surface area contributed by atoms with Crippen molar-refractivity contribution in [1.29, 1.82) is 0 Å². The number of aromatic nitrogens is 4. The van der Waals surface area contributed by atoms with Gasteiger partial charge in [-0.15, -0.1) is 0 Å². The summed E-state index contributed by atoms with van der Waals surface area (Å²) >= 11 is 0. The molecule has 1 aliphatic heterocycles. The van der Waals surface area contributed by atoms with Crippen LogP contribution in [0, 0.1) is 23.2 Å². The molecule has 2 aromatic rings. The van der Waals surface area contributed by atoms with Gasteiger partial charge in [-0.05, 0) is 49.9 Å². The highest BCUT2D eigenvalue weighted by Crippen LogP contribution is 2.41. The van der Waals surface area contributed by atoms with Gasteiger partial charge in [0.25, 0.3) is 5.91 Å². The molecule has 4 atom stereocenters. The number of nitrogen functional groups attached to an aromatic ring is 1. The number of hydrogen-bond donors (Lipinski definition) is 5. The number of anilines is 1. The molecule has 1 saturated carbocycles. The van der Waals surface area contributed by atoms with E-state index in [1.807, 2.05) is 0 Å². The fourth-order valence-corrected chi connectivity index (χ4v) is 4.82. The number of nitrogens with zero attached hydrogens (tertiary/aromatic N) is 4. The first-order valence-electron chi connectivity index (χ1n) is 12.0. The molecule has 190 valence electrons. The Bertz CT molecular complexity index is 1150. The van der Waals surface area contributed by atoms with Gasteiger partial charge in [-0.2, -0.15) is 0 Å². The topological polar surface area (TPSA) is 169 Å². The van der Waals surface area contributed by atoms with E-state index in [2.05, 4.69) is 52.9 Å². The SMILES string of the molecule is CCNC(=O)[C@H]1O[C@@H](n2cnc3c(N)nc(C#CC4(O)CCC(C(C)(C)C)CC4)nc32)C(O)C1O. The second-order valence-corrected chi connectivity index (χ2v) is 10.5. The Hall–Kier alpha value is -2.78. The lowest BCUT2D eigenvalue weighted by Gasteiger charge is -2.39. The van der Waals surface area contributed by atoms with Crippen molar-refractivity contribution in [1.82, 2.24) is 24.8 Å². The Morgan fingerprint density at radius 3 is 2.60 bits per heavy atom. The molecular weight excluding hydrogens is 452 g/mol. The third-order valence-corrected chi connectivity index (χ3v) is 7.01. The highest BCUT2D eigenvalue weighted by atomic mass is 16.6. The summed E-state index contributed by atoms with van der Waals surface area (Å²) in [7, 11) is 0. The van der Waals surface area contributed by atoms with E-state index in [1.165, 1.54) is 10.9 Å². The Balaban J connectivity index is 1.59. The Kier molecular flexibility index (Phi) is 6.76. The standard InChI is InChI=1S/C24H34N6O5/c1-5-26-21(33)18-16(31)17(32)22(35-18)30-12-27-15-19(25)28-14(29-20(15)30)8-11-24(34)9-6-13(7-10-24)23(2,3)4/h12-13,16-18,22,31-32,34H,5-7,9-10H2,1-4H3,(H,26,33)(H2,25,28,29)/t13?,16?,17?,18-,22+,24?/m0/s1. The fraction of sp³-hybridized carbons (Fsp3) is 0.667. The monoisotopic (exact) mass is 486 g/mol. The largest absolute Gasteiger partial charge is 0.387 e. The van der Waals surface area contributed by atoms with Gasteiger partial charge in [-0.1, -0.05) is 26.7 Å². The number of aliphatic hydroxyl groups is 3. The summed E-state index contributed by atoms with van der Waals surface area (Å²) in [5.41, 5.74) is 5.65. The lowest BCUT2D eigenvalue weighted by Crippen LogP contribution is -2.42. The van der Waals surface area contributed by atoms with Gasteiger partial charge in [0.1, 0.15) is 23.3 Å². The number of aliphatic hydroxyl groups excluding tert-OH is 2. The van der Waals surface area contributed by atoms with Crippen LogP contribution in [-0.4, -0.2) is 71.2 Å². The molecule has 0 bridgehead atoms. The summed E-state index contributed by atoms with van der Waals surface area (Å²) in [5, 5.41) is 34.5. The lowest BCUT2D eigenvalue weighted by molar-refractivity contribution is -0.137. The molecule has 6 N–H and O–H groups in total. The van der Waals surface area contributed by atoms with Gasteiger partial charge in [0.05, 0.1) is 6.33 Å². The zero-order valence-electron chi connectivity index (χ0n) is 20.5. The van der Waals surface area contributed by atoms with Crippen LogP contribution in [0.4, 0.5) is 5.82 Å². The smallest absolute Gasteiger partial charge is 0.252 e. The second-order valence-electron chi connectivity index (χ2n) is 10.5. The summed E-state index contributed by atoms with van der Waals surface area (Å²) in [4.78, 5) is 25.0. The maximum absolute atomic E-state index is 12.2. The molecule has 2 unspecified atom stereocenters. The van der Waals surface area contributed by atoms with E-state index in [0.717, 1.165) is 12.8 Å². The van der Waals surface area contributed by atoms with Crippen molar-refractivity contribution in [3.8, 4) is 11.8 Å². The van der Waals surface area contributed by atoms with Crippen LogP contribution in [0.2, 0.25) is 0 Å². The molecule has 0 spiro atoms. The van der Waals surface area contributed by atoms with E-state index in [1.54, 1.807) is 6.92 Å². The number of amides is 1. The van der Waals surface area contributed by atoms with Crippen molar-refractivity contribution < 1.29 is 24.9 Å². The van der Waals surface area contributed by atoms with Crippen molar-refractivity contribution in [2.75, 3.05) is 12.3 Å². The summed E-state index contributed by atoms with van der Waals surface area (Å²) in [6.07, 6.45) is -0.931. The highest BCUT2D eigenvalue weighted by molar-refractivity contribution is 5.83. The molecule has 11 heteroatoms. The van der Waals surface area contributed by atoms with Gasteiger partial charge < -0.3 is 31.1 Å². The summed E-state index contributed by atoms with van der Waals surface area (Å²) in [6, 6.07) is 0. The molecule has 0 radical (unpaired) electrons. The number of ether oxygens (including phenoxy) is 1. The number of hydrogen-bond acceptors (Lipinski definition) is 9. The van der Waals surface area contributed by atoms with Crippen LogP contribution in [0.25, 0.3) is 11.2 Å². The van der Waals surface area contributed by atoms with Crippen LogP contribution in [-0.2, 0) is 9.53 Å². The number of likely N-dealkylation sites (N-methyl/N-ethyl adjacent to an activating group) is 1. The summed E-state index contributed by atoms with van der Waals surface area (Å²) < 4.78 is 7.07. The maximum atomic E-state index is 12.2. The minimum Gasteiger partial charge on any atom is -0.387 e. The predicted molar refractivity (Wildman–Crippen MR) is 128 cm³/mol. The van der Waals surface area contributed by atoms with Crippen molar-refractivity contribution in [2.45, 2.75) is 83.5 Å². The first-order valence-corrected chi connectivity index (χ1v) is 12.0. The van der Waals surface area contributed by atoms with E-state index in [0.29, 0.717) is 25.3 Å². The van der Waals surface area contributed by atoms with Crippen molar-refractivity contribution in [2.24, 2.45) is 11.3 Å². The number of nitrogens with two attached hydrogens (primary N) is 1. The molecule has 4 rings (SSSR count). The molecule has 1 saturated heterocycles. The van der Waals surface area contributed by atoms with Crippen LogP contribution in [0.15, 0.2) is 6.33 Å². The minimum absolute atomic E-state index is 0.0785. The summed E-state index contributed by atoms with van der Waals surface area (Å²) in [6.45, 7) is 8.74. The van der Waals surface area contributed by atoms with E-state index >= 15 is 0 Å². The molecule has 11 nitrogen and oxygen atoms in total. The molecule has 2 aliphatic rings. The Morgan fingerprint density at radius 2 is 1.97 bits per heavy atom. The number of rotatable bonds is 3. The lowest BCUT2D eigenvalue weighted by atomic mass is 9.68. The number of imidazole rings is 1. The quantitative estimate of drug-likeness (QED) is 0.387. The Morgan fingerprint density at radius 1 is 1.29 bits per heavy atom. The average Bonchev–Trinajstić information content (AvgIpc) is 3.34. The van der Waals surface area contributed by atoms with E-state index < -0.39 is 36.0 Å². The summed E-state index contributed by atoms with van der Waals surface area (Å²) in [5.74, 6) is 5.96. The van der Waals surface area contributed by atoms with Gasteiger partial charge in [0, 0.05) is 6.54 Å². The molecule has 2 aromatic heterocycles. The Labute approximate surface area is 204 Å². The van der Waals surface area contributed by atoms with Gasteiger partial charge in [-0.25, -0.2) is 15.0 Å². The number of carbonyl (C=O) groups excluding carboxylic acids is 1. The van der Waals surface area contributed by atoms with Crippen LogP contribution in [0.1, 0.15) is 65.4 Å². The van der Waals surface area contributed by atoms with Crippen LogP contribution in [0.5, 0.6) is 0 Å². The van der Waals surface area contributed by atoms with Crippen LogP contribution >= 0.6 is 0 Å². The zero-order chi connectivity index (χ0) is 25.5. The second kappa shape index (κ2) is 9.35. The van der Waals surface area contributed by atoms with Gasteiger partial charge in [-0.3, -0.25) is 9.36 Å². The van der Waals surface area contributed by atoms with E-state index in [-0.39, 0.29) is 28.2 Å². The number of nitrogens with one attached hydrogen (secondary N) is 1. The average molecular weight is 487 g/mol. The van der Waals surface area contributed by atoms with Crippen molar-refractivity contribution >= 4 is 22.9 Å². The molecule has 35 heavy (non-hydrogen) atoms. The highest BCUT2D eigenvalue weighted by Gasteiger charge is 2.47. The zero-order valence-corrected chi connectivity index (χ0v) is 20.5. The third kappa shape index (κ3) is 4.97.